The van der Waals surface area contributed by atoms with Crippen LogP contribution in [0, 0.1) is 17.1 Å². The number of halogens is 3. The number of amides is 1. The molecule has 0 unspecified atom stereocenters. The van der Waals surface area contributed by atoms with Crippen LogP contribution in [0.25, 0.3) is 6.08 Å². The summed E-state index contributed by atoms with van der Waals surface area (Å²) in [5.41, 5.74) is 1.75. The van der Waals surface area contributed by atoms with Gasteiger partial charge in [-0.1, -0.05) is 39.7 Å². The number of nitrogens with zero attached hydrogens (tertiary/aromatic N) is 1. The summed E-state index contributed by atoms with van der Waals surface area (Å²) >= 11 is 9.29. The molecule has 1 N–H and O–H groups in total. The lowest BCUT2D eigenvalue weighted by Crippen LogP contribution is -2.13. The second-order valence-corrected chi connectivity index (χ2v) is 7.58. The third-order valence-electron chi connectivity index (χ3n) is 4.05. The van der Waals surface area contributed by atoms with E-state index in [9.17, 15) is 14.4 Å². The lowest BCUT2D eigenvalue weighted by molar-refractivity contribution is -0.112. The Bertz CT molecular complexity index is 1120. The van der Waals surface area contributed by atoms with Gasteiger partial charge in [0.2, 0.25) is 0 Å². The van der Waals surface area contributed by atoms with Crippen LogP contribution in [0.5, 0.6) is 5.75 Å². The van der Waals surface area contributed by atoms with Crippen molar-refractivity contribution < 1.29 is 13.9 Å². The first kappa shape index (κ1) is 21.6. The molecule has 3 rings (SSSR count). The van der Waals surface area contributed by atoms with Gasteiger partial charge in [-0.15, -0.1) is 0 Å². The minimum atomic E-state index is -0.604. The zero-order valence-electron chi connectivity index (χ0n) is 15.5. The molecule has 150 valence electrons. The SMILES string of the molecule is N#C/C(=C\c1cc(Br)ccc1OCc1ccc(Cl)cc1)C(=O)Nc1ccc(F)cc1. The molecule has 0 spiro atoms. The molecule has 4 nitrogen and oxygen atoms in total. The van der Waals surface area contributed by atoms with Gasteiger partial charge in [-0.05, 0) is 66.2 Å². The van der Waals surface area contributed by atoms with Gasteiger partial charge in [0.05, 0.1) is 0 Å². The number of hydrogen-bond donors (Lipinski definition) is 1. The van der Waals surface area contributed by atoms with Gasteiger partial charge in [-0.2, -0.15) is 5.26 Å². The van der Waals surface area contributed by atoms with Crippen molar-refractivity contribution in [1.82, 2.24) is 0 Å². The van der Waals surface area contributed by atoms with Crippen molar-refractivity contribution >= 4 is 45.2 Å². The summed E-state index contributed by atoms with van der Waals surface area (Å²) in [6.45, 7) is 0.295. The van der Waals surface area contributed by atoms with Crippen LogP contribution in [-0.2, 0) is 11.4 Å². The molecule has 3 aromatic rings. The highest BCUT2D eigenvalue weighted by molar-refractivity contribution is 9.10. The van der Waals surface area contributed by atoms with Gasteiger partial charge in [-0.3, -0.25) is 4.79 Å². The molecule has 0 aliphatic heterocycles. The first-order chi connectivity index (χ1) is 14.4. The zero-order chi connectivity index (χ0) is 21.5. The number of ether oxygens (including phenoxy) is 1. The molecule has 0 saturated carbocycles. The highest BCUT2D eigenvalue weighted by atomic mass is 79.9. The molecule has 0 aromatic heterocycles. The topological polar surface area (TPSA) is 62.1 Å². The molecule has 0 saturated heterocycles. The van der Waals surface area contributed by atoms with Gasteiger partial charge in [0.25, 0.3) is 5.91 Å². The molecule has 0 bridgehead atoms. The number of nitrogens with one attached hydrogen (secondary N) is 1. The Hall–Kier alpha value is -3.14. The van der Waals surface area contributed by atoms with Crippen LogP contribution in [0.15, 0.2) is 76.8 Å². The first-order valence-corrected chi connectivity index (χ1v) is 9.97. The molecule has 0 fully saturated rings. The van der Waals surface area contributed by atoms with E-state index in [-0.39, 0.29) is 5.57 Å². The maximum absolute atomic E-state index is 13.0. The fraction of sp³-hybridized carbons (Fsp3) is 0.0435. The average Bonchev–Trinajstić information content (AvgIpc) is 2.74. The minimum Gasteiger partial charge on any atom is -0.488 e. The van der Waals surface area contributed by atoms with Crippen LogP contribution in [-0.4, -0.2) is 5.91 Å². The van der Waals surface area contributed by atoms with Crippen molar-refractivity contribution in [3.05, 3.63) is 98.7 Å². The van der Waals surface area contributed by atoms with E-state index >= 15 is 0 Å². The summed E-state index contributed by atoms with van der Waals surface area (Å²) in [6, 6.07) is 19.7. The third-order valence-corrected chi connectivity index (χ3v) is 4.79. The average molecular weight is 486 g/mol. The Morgan fingerprint density at radius 1 is 1.13 bits per heavy atom. The van der Waals surface area contributed by atoms with Crippen molar-refractivity contribution in [3.63, 3.8) is 0 Å². The Labute approximate surface area is 186 Å². The highest BCUT2D eigenvalue weighted by Crippen LogP contribution is 2.27. The minimum absolute atomic E-state index is 0.117. The third kappa shape index (κ3) is 5.93. The van der Waals surface area contributed by atoms with Gasteiger partial charge < -0.3 is 10.1 Å². The predicted octanol–water partition coefficient (Wildman–Crippen LogP) is 6.37. The number of benzene rings is 3. The molecule has 0 aliphatic carbocycles. The van der Waals surface area contributed by atoms with E-state index < -0.39 is 11.7 Å². The maximum Gasteiger partial charge on any atom is 0.266 e. The smallest absolute Gasteiger partial charge is 0.266 e. The highest BCUT2D eigenvalue weighted by Gasteiger charge is 2.12. The molecule has 0 heterocycles. The molecular formula is C23H15BrClFN2O2. The summed E-state index contributed by atoms with van der Waals surface area (Å²) in [4.78, 5) is 12.5. The lowest BCUT2D eigenvalue weighted by Gasteiger charge is -2.11. The van der Waals surface area contributed by atoms with E-state index in [4.69, 9.17) is 16.3 Å². The standard InChI is InChI=1S/C23H15BrClFN2O2/c24-18-3-10-22(30-14-15-1-4-19(25)5-2-15)16(12-18)11-17(13-27)23(29)28-21-8-6-20(26)7-9-21/h1-12H,14H2,(H,28,29)/b17-11+. The molecule has 1 amide bonds. The summed E-state index contributed by atoms with van der Waals surface area (Å²) in [5.74, 6) is -0.510. The second-order valence-electron chi connectivity index (χ2n) is 6.23. The monoisotopic (exact) mass is 484 g/mol. The summed E-state index contributed by atoms with van der Waals surface area (Å²) in [6.07, 6.45) is 1.45. The van der Waals surface area contributed by atoms with Gasteiger partial charge in [0, 0.05) is 20.7 Å². The fourth-order valence-electron chi connectivity index (χ4n) is 2.54. The maximum atomic E-state index is 13.0. The zero-order valence-corrected chi connectivity index (χ0v) is 17.9. The van der Waals surface area contributed by atoms with Crippen LogP contribution in [0.2, 0.25) is 5.02 Å². The van der Waals surface area contributed by atoms with E-state index in [1.54, 1.807) is 30.3 Å². The number of carbonyl (C=O) groups excluding carboxylic acids is 1. The van der Waals surface area contributed by atoms with Crippen LogP contribution in [0.3, 0.4) is 0 Å². The fourth-order valence-corrected chi connectivity index (χ4v) is 3.05. The molecule has 0 atom stereocenters. The number of carbonyl (C=O) groups is 1. The molecule has 0 radical (unpaired) electrons. The van der Waals surface area contributed by atoms with Crippen LogP contribution in [0.1, 0.15) is 11.1 Å². The number of rotatable bonds is 6. The normalized spacial score (nSPS) is 10.9. The number of anilines is 1. The second kappa shape index (κ2) is 10.1. The summed E-state index contributed by atoms with van der Waals surface area (Å²) in [7, 11) is 0. The first-order valence-electron chi connectivity index (χ1n) is 8.80. The van der Waals surface area contributed by atoms with E-state index in [1.165, 1.54) is 30.3 Å². The van der Waals surface area contributed by atoms with Crippen molar-refractivity contribution in [2.24, 2.45) is 0 Å². The Kier molecular flexibility index (Phi) is 7.23. The van der Waals surface area contributed by atoms with Crippen molar-refractivity contribution in [2.45, 2.75) is 6.61 Å². The lowest BCUT2D eigenvalue weighted by atomic mass is 10.1. The van der Waals surface area contributed by atoms with Crippen LogP contribution < -0.4 is 10.1 Å². The quantitative estimate of drug-likeness (QED) is 0.326. The van der Waals surface area contributed by atoms with Gasteiger partial charge in [0.1, 0.15) is 29.8 Å². The van der Waals surface area contributed by atoms with E-state index in [2.05, 4.69) is 21.2 Å². The molecule has 3 aromatic carbocycles. The Morgan fingerprint density at radius 2 is 1.83 bits per heavy atom. The van der Waals surface area contributed by atoms with Gasteiger partial charge in [-0.25, -0.2) is 4.39 Å². The molecule has 7 heteroatoms. The molecular weight excluding hydrogens is 471 g/mol. The Balaban J connectivity index is 1.81. The van der Waals surface area contributed by atoms with E-state index in [0.717, 1.165) is 10.0 Å². The van der Waals surface area contributed by atoms with Crippen LogP contribution >= 0.6 is 27.5 Å². The predicted molar refractivity (Wildman–Crippen MR) is 119 cm³/mol. The van der Waals surface area contributed by atoms with Crippen molar-refractivity contribution in [2.75, 3.05) is 5.32 Å². The largest absolute Gasteiger partial charge is 0.488 e. The van der Waals surface area contributed by atoms with E-state index in [1.807, 2.05) is 18.2 Å². The summed E-state index contributed by atoms with van der Waals surface area (Å²) < 4.78 is 19.7. The van der Waals surface area contributed by atoms with Crippen LogP contribution in [0.4, 0.5) is 10.1 Å². The van der Waals surface area contributed by atoms with Crippen molar-refractivity contribution in [1.29, 1.82) is 5.26 Å². The number of nitriles is 1. The summed E-state index contributed by atoms with van der Waals surface area (Å²) in [5, 5.41) is 12.7. The molecule has 0 aliphatic rings. The Morgan fingerprint density at radius 3 is 2.50 bits per heavy atom. The van der Waals surface area contributed by atoms with Gasteiger partial charge in [0.15, 0.2) is 0 Å². The van der Waals surface area contributed by atoms with E-state index in [0.29, 0.717) is 28.6 Å². The number of hydrogen-bond acceptors (Lipinski definition) is 3. The molecule has 30 heavy (non-hydrogen) atoms. The van der Waals surface area contributed by atoms with Crippen molar-refractivity contribution in [3.8, 4) is 11.8 Å². The van der Waals surface area contributed by atoms with Gasteiger partial charge >= 0.3 is 0 Å².